The van der Waals surface area contributed by atoms with Crippen molar-refractivity contribution >= 4 is 5.65 Å². The molecule has 2 aromatic rings. The Balaban J connectivity index is 1.35. The van der Waals surface area contributed by atoms with Gasteiger partial charge in [-0.15, -0.1) is 0 Å². The van der Waals surface area contributed by atoms with Crippen molar-refractivity contribution in [3.8, 4) is 0 Å². The maximum absolute atomic E-state index is 4.71. The molecular weight excluding hydrogens is 260 g/mol. The number of piperidine rings is 1. The van der Waals surface area contributed by atoms with Gasteiger partial charge < -0.3 is 9.72 Å². The molecule has 0 amide bonds. The van der Waals surface area contributed by atoms with Crippen LogP contribution in [0, 0.1) is 5.92 Å². The average molecular weight is 284 g/mol. The van der Waals surface area contributed by atoms with Gasteiger partial charge >= 0.3 is 0 Å². The predicted molar refractivity (Wildman–Crippen MR) is 84.2 cm³/mol. The highest BCUT2D eigenvalue weighted by atomic mass is 15.1. The Labute approximate surface area is 126 Å². The summed E-state index contributed by atoms with van der Waals surface area (Å²) in [5.41, 5.74) is 2.25. The van der Waals surface area contributed by atoms with E-state index in [1.807, 2.05) is 6.07 Å². The first-order chi connectivity index (χ1) is 10.4. The van der Waals surface area contributed by atoms with Gasteiger partial charge in [0.15, 0.2) is 0 Å². The monoisotopic (exact) mass is 284 g/mol. The molecule has 4 nitrogen and oxygen atoms in total. The summed E-state index contributed by atoms with van der Waals surface area (Å²) < 4.78 is 2.12. The van der Waals surface area contributed by atoms with Gasteiger partial charge in [-0.05, 0) is 63.4 Å². The molecule has 1 N–H and O–H groups in total. The number of nitrogens with one attached hydrogen (secondary N) is 1. The first-order valence-corrected chi connectivity index (χ1v) is 8.27. The molecule has 2 saturated heterocycles. The van der Waals surface area contributed by atoms with E-state index in [2.05, 4.69) is 39.1 Å². The fraction of sp³-hybridized carbons (Fsp3) is 0.588. The third kappa shape index (κ3) is 2.83. The molecule has 2 aliphatic heterocycles. The van der Waals surface area contributed by atoms with Crippen molar-refractivity contribution in [1.82, 2.24) is 19.6 Å². The molecule has 1 atom stereocenters. The van der Waals surface area contributed by atoms with Crippen LogP contribution < -0.4 is 5.32 Å². The average Bonchev–Trinajstić information content (AvgIpc) is 3.17. The van der Waals surface area contributed by atoms with Gasteiger partial charge in [-0.3, -0.25) is 4.90 Å². The fourth-order valence-electron chi connectivity index (χ4n) is 3.92. The Morgan fingerprint density at radius 1 is 1.19 bits per heavy atom. The molecule has 2 aromatic heterocycles. The standard InChI is InChI=1S/C17H24N4/c1-2-9-21-13-15(19-17(21)5-1)12-20-10-6-14(7-11-20)16-4-3-8-18-16/h1-2,5,9,13-14,16,18H,3-4,6-8,10-12H2. The van der Waals surface area contributed by atoms with E-state index in [4.69, 9.17) is 4.98 Å². The van der Waals surface area contributed by atoms with Crippen LogP contribution in [0.3, 0.4) is 0 Å². The van der Waals surface area contributed by atoms with Gasteiger partial charge in [0.05, 0.1) is 5.69 Å². The van der Waals surface area contributed by atoms with E-state index in [0.29, 0.717) is 0 Å². The fourth-order valence-corrected chi connectivity index (χ4v) is 3.92. The highest BCUT2D eigenvalue weighted by Gasteiger charge is 2.28. The van der Waals surface area contributed by atoms with E-state index >= 15 is 0 Å². The Kier molecular flexibility index (Phi) is 3.65. The van der Waals surface area contributed by atoms with Gasteiger partial charge in [0.1, 0.15) is 5.65 Å². The van der Waals surface area contributed by atoms with Gasteiger partial charge in [-0.2, -0.15) is 0 Å². The van der Waals surface area contributed by atoms with Crippen LogP contribution in [0.4, 0.5) is 0 Å². The van der Waals surface area contributed by atoms with Crippen molar-refractivity contribution in [2.75, 3.05) is 19.6 Å². The quantitative estimate of drug-likeness (QED) is 0.938. The molecule has 21 heavy (non-hydrogen) atoms. The number of rotatable bonds is 3. The van der Waals surface area contributed by atoms with Crippen molar-refractivity contribution < 1.29 is 0 Å². The van der Waals surface area contributed by atoms with E-state index in [0.717, 1.165) is 24.2 Å². The zero-order chi connectivity index (χ0) is 14.1. The van der Waals surface area contributed by atoms with Crippen molar-refractivity contribution in [2.45, 2.75) is 38.3 Å². The molecule has 4 heterocycles. The minimum absolute atomic E-state index is 0.794. The van der Waals surface area contributed by atoms with Crippen LogP contribution in [0.15, 0.2) is 30.6 Å². The molecule has 0 aliphatic carbocycles. The summed E-state index contributed by atoms with van der Waals surface area (Å²) in [6.45, 7) is 4.66. The predicted octanol–water partition coefficient (Wildman–Crippen LogP) is 2.30. The lowest BCUT2D eigenvalue weighted by Crippen LogP contribution is -2.40. The molecule has 2 aliphatic rings. The molecule has 0 saturated carbocycles. The number of imidazole rings is 1. The number of aromatic nitrogens is 2. The smallest absolute Gasteiger partial charge is 0.137 e. The molecule has 1 unspecified atom stereocenters. The van der Waals surface area contributed by atoms with Crippen molar-refractivity contribution in [2.24, 2.45) is 5.92 Å². The zero-order valence-corrected chi connectivity index (χ0v) is 12.5. The first-order valence-electron chi connectivity index (χ1n) is 8.27. The van der Waals surface area contributed by atoms with E-state index in [-0.39, 0.29) is 0 Å². The van der Waals surface area contributed by atoms with Crippen molar-refractivity contribution in [1.29, 1.82) is 0 Å². The first kappa shape index (κ1) is 13.3. The van der Waals surface area contributed by atoms with Crippen LogP contribution in [0.5, 0.6) is 0 Å². The van der Waals surface area contributed by atoms with E-state index in [9.17, 15) is 0 Å². The highest BCUT2D eigenvalue weighted by molar-refractivity contribution is 5.39. The van der Waals surface area contributed by atoms with E-state index in [1.165, 1.54) is 51.0 Å². The summed E-state index contributed by atoms with van der Waals surface area (Å²) in [6, 6.07) is 6.97. The normalized spacial score (nSPS) is 24.9. The van der Waals surface area contributed by atoms with E-state index in [1.54, 1.807) is 0 Å². The van der Waals surface area contributed by atoms with Crippen LogP contribution in [0.1, 0.15) is 31.4 Å². The second-order valence-corrected chi connectivity index (χ2v) is 6.51. The Bertz CT molecular complexity index is 559. The number of nitrogens with zero attached hydrogens (tertiary/aromatic N) is 3. The molecule has 4 heteroatoms. The second kappa shape index (κ2) is 5.78. The van der Waals surface area contributed by atoms with Gasteiger partial charge in [-0.25, -0.2) is 4.98 Å². The third-order valence-electron chi connectivity index (χ3n) is 5.10. The Hall–Kier alpha value is -1.39. The second-order valence-electron chi connectivity index (χ2n) is 6.51. The summed E-state index contributed by atoms with van der Waals surface area (Å²) in [4.78, 5) is 7.27. The minimum Gasteiger partial charge on any atom is -0.314 e. The minimum atomic E-state index is 0.794. The summed E-state index contributed by atoms with van der Waals surface area (Å²) in [6.07, 6.45) is 9.67. The molecule has 2 fully saturated rings. The van der Waals surface area contributed by atoms with Gasteiger partial charge in [0.25, 0.3) is 0 Å². The zero-order valence-electron chi connectivity index (χ0n) is 12.5. The molecule has 4 rings (SSSR count). The van der Waals surface area contributed by atoms with Gasteiger partial charge in [0.2, 0.25) is 0 Å². The van der Waals surface area contributed by atoms with Gasteiger partial charge in [-0.1, -0.05) is 6.07 Å². The maximum Gasteiger partial charge on any atom is 0.137 e. The summed E-state index contributed by atoms with van der Waals surface area (Å²) in [5.74, 6) is 0.893. The maximum atomic E-state index is 4.71. The number of likely N-dealkylation sites (tertiary alicyclic amines) is 1. The summed E-state index contributed by atoms with van der Waals surface area (Å²) in [5, 5.41) is 3.67. The molecule has 0 spiro atoms. The highest BCUT2D eigenvalue weighted by Crippen LogP contribution is 2.26. The van der Waals surface area contributed by atoms with Crippen LogP contribution >= 0.6 is 0 Å². The molecule has 112 valence electrons. The Morgan fingerprint density at radius 2 is 2.10 bits per heavy atom. The number of hydrogen-bond donors (Lipinski definition) is 1. The summed E-state index contributed by atoms with van der Waals surface area (Å²) >= 11 is 0. The molecule has 0 bridgehead atoms. The lowest BCUT2D eigenvalue weighted by Gasteiger charge is -2.34. The summed E-state index contributed by atoms with van der Waals surface area (Å²) in [7, 11) is 0. The van der Waals surface area contributed by atoms with Crippen LogP contribution in [0.2, 0.25) is 0 Å². The topological polar surface area (TPSA) is 32.6 Å². The van der Waals surface area contributed by atoms with Crippen LogP contribution in [0.25, 0.3) is 5.65 Å². The van der Waals surface area contributed by atoms with Gasteiger partial charge in [0, 0.05) is 25.0 Å². The number of fused-ring (bicyclic) bond motifs is 1. The number of pyridine rings is 1. The van der Waals surface area contributed by atoms with Crippen LogP contribution in [-0.2, 0) is 6.54 Å². The molecule has 0 radical (unpaired) electrons. The third-order valence-corrected chi connectivity index (χ3v) is 5.10. The molecular formula is C17H24N4. The lowest BCUT2D eigenvalue weighted by atomic mass is 9.88. The Morgan fingerprint density at radius 3 is 2.86 bits per heavy atom. The lowest BCUT2D eigenvalue weighted by molar-refractivity contribution is 0.156. The number of hydrogen-bond acceptors (Lipinski definition) is 3. The van der Waals surface area contributed by atoms with Crippen molar-refractivity contribution in [3.63, 3.8) is 0 Å². The van der Waals surface area contributed by atoms with E-state index < -0.39 is 0 Å². The largest absolute Gasteiger partial charge is 0.314 e. The SMILES string of the molecule is c1ccn2cc(CN3CCC(C4CCCN4)CC3)nc2c1. The molecule has 0 aromatic carbocycles. The van der Waals surface area contributed by atoms with Crippen molar-refractivity contribution in [3.05, 3.63) is 36.3 Å². The van der Waals surface area contributed by atoms with Crippen LogP contribution in [-0.4, -0.2) is 40.0 Å².